The van der Waals surface area contributed by atoms with E-state index in [0.717, 1.165) is 6.42 Å². The van der Waals surface area contributed by atoms with Crippen LogP contribution in [0, 0.1) is 11.8 Å². The Bertz CT molecular complexity index is 295. The Morgan fingerprint density at radius 1 is 1.56 bits per heavy atom. The van der Waals surface area contributed by atoms with Crippen LogP contribution in [0.5, 0.6) is 0 Å². The van der Waals surface area contributed by atoms with Crippen LogP contribution in [0.2, 0.25) is 0 Å². The maximum Gasteiger partial charge on any atom is 0.227 e. The minimum absolute atomic E-state index is 0.0449. The Hall–Kier alpha value is -1.10. The fourth-order valence-corrected chi connectivity index (χ4v) is 2.04. The number of nitrogens with two attached hydrogens (primary N) is 1. The van der Waals surface area contributed by atoms with Crippen LogP contribution in [0.1, 0.15) is 33.1 Å². The molecule has 0 saturated carbocycles. The molecule has 5 nitrogen and oxygen atoms in total. The van der Waals surface area contributed by atoms with E-state index in [1.54, 1.807) is 4.90 Å². The highest BCUT2D eigenvalue weighted by molar-refractivity contribution is 5.83. The first-order valence-electron chi connectivity index (χ1n) is 6.69. The highest BCUT2D eigenvalue weighted by atomic mass is 16.2. The number of piperidine rings is 1. The lowest BCUT2D eigenvalue weighted by molar-refractivity contribution is -0.136. The number of amides is 2. The first kappa shape index (κ1) is 15.0. The minimum atomic E-state index is -0.0667. The third kappa shape index (κ3) is 4.29. The van der Waals surface area contributed by atoms with Crippen LogP contribution in [-0.2, 0) is 9.59 Å². The molecule has 0 bridgehead atoms. The van der Waals surface area contributed by atoms with E-state index in [2.05, 4.69) is 19.2 Å². The van der Waals surface area contributed by atoms with Gasteiger partial charge in [0.15, 0.2) is 0 Å². The average molecular weight is 255 g/mol. The van der Waals surface area contributed by atoms with Gasteiger partial charge in [0.2, 0.25) is 11.8 Å². The maximum atomic E-state index is 12.1. The number of carbonyl (C=O) groups is 2. The number of rotatable bonds is 5. The standard InChI is InChI=1S/C13H25N3O2/c1-9(2)11(14)6-7-16(3)13(18)10-4-5-12(17)15-8-10/h9-11H,4-8,14H2,1-3H3,(H,15,17). The Balaban J connectivity index is 2.34. The third-order valence-corrected chi connectivity index (χ3v) is 3.65. The summed E-state index contributed by atoms with van der Waals surface area (Å²) in [5.74, 6) is 0.528. The second-order valence-corrected chi connectivity index (χ2v) is 5.50. The lowest BCUT2D eigenvalue weighted by atomic mass is 9.97. The van der Waals surface area contributed by atoms with Crippen molar-refractivity contribution in [3.05, 3.63) is 0 Å². The first-order valence-corrected chi connectivity index (χ1v) is 6.69. The predicted octanol–water partition coefficient (Wildman–Crippen LogP) is 0.344. The van der Waals surface area contributed by atoms with E-state index in [-0.39, 0.29) is 23.8 Å². The van der Waals surface area contributed by atoms with Gasteiger partial charge in [0, 0.05) is 32.6 Å². The molecule has 1 saturated heterocycles. The smallest absolute Gasteiger partial charge is 0.227 e. The van der Waals surface area contributed by atoms with Crippen LogP contribution in [-0.4, -0.2) is 42.9 Å². The molecule has 1 aliphatic rings. The second-order valence-electron chi connectivity index (χ2n) is 5.50. The number of carbonyl (C=O) groups excluding carboxylic acids is 2. The molecular formula is C13H25N3O2. The number of hydrogen-bond acceptors (Lipinski definition) is 3. The van der Waals surface area contributed by atoms with E-state index in [1.807, 2.05) is 7.05 Å². The van der Waals surface area contributed by atoms with Crippen molar-refractivity contribution in [2.75, 3.05) is 20.1 Å². The molecule has 1 aliphatic heterocycles. The summed E-state index contributed by atoms with van der Waals surface area (Å²) in [6.07, 6.45) is 1.93. The molecule has 104 valence electrons. The number of nitrogens with zero attached hydrogens (tertiary/aromatic N) is 1. The highest BCUT2D eigenvalue weighted by Gasteiger charge is 2.26. The van der Waals surface area contributed by atoms with Gasteiger partial charge in [-0.05, 0) is 18.8 Å². The van der Waals surface area contributed by atoms with Crippen LogP contribution in [0.25, 0.3) is 0 Å². The molecule has 2 unspecified atom stereocenters. The maximum absolute atomic E-state index is 12.1. The zero-order valence-corrected chi connectivity index (χ0v) is 11.6. The zero-order chi connectivity index (χ0) is 13.7. The fourth-order valence-electron chi connectivity index (χ4n) is 2.04. The topological polar surface area (TPSA) is 75.4 Å². The molecule has 5 heteroatoms. The van der Waals surface area contributed by atoms with Crippen molar-refractivity contribution >= 4 is 11.8 Å². The molecule has 0 radical (unpaired) electrons. The molecule has 0 aromatic rings. The van der Waals surface area contributed by atoms with Crippen molar-refractivity contribution < 1.29 is 9.59 Å². The van der Waals surface area contributed by atoms with Gasteiger partial charge in [-0.2, -0.15) is 0 Å². The van der Waals surface area contributed by atoms with Crippen LogP contribution in [0.3, 0.4) is 0 Å². The molecule has 0 spiro atoms. The Morgan fingerprint density at radius 2 is 2.22 bits per heavy atom. The second kappa shape index (κ2) is 6.73. The van der Waals surface area contributed by atoms with E-state index in [4.69, 9.17) is 5.73 Å². The van der Waals surface area contributed by atoms with E-state index in [1.165, 1.54) is 0 Å². The molecule has 1 fully saturated rings. The molecule has 2 amide bonds. The van der Waals surface area contributed by atoms with Crippen LogP contribution in [0.4, 0.5) is 0 Å². The van der Waals surface area contributed by atoms with Crippen molar-refractivity contribution in [1.82, 2.24) is 10.2 Å². The first-order chi connectivity index (χ1) is 8.41. The van der Waals surface area contributed by atoms with Gasteiger partial charge in [0.25, 0.3) is 0 Å². The summed E-state index contributed by atoms with van der Waals surface area (Å²) in [5, 5.41) is 2.74. The summed E-state index contributed by atoms with van der Waals surface area (Å²) in [4.78, 5) is 24.9. The molecule has 1 heterocycles. The van der Waals surface area contributed by atoms with E-state index >= 15 is 0 Å². The summed E-state index contributed by atoms with van der Waals surface area (Å²) in [6, 6.07) is 0.131. The molecule has 3 N–H and O–H groups in total. The van der Waals surface area contributed by atoms with Gasteiger partial charge in [0.05, 0.1) is 5.92 Å². The average Bonchev–Trinajstić information content (AvgIpc) is 2.35. The fraction of sp³-hybridized carbons (Fsp3) is 0.846. The third-order valence-electron chi connectivity index (χ3n) is 3.65. The van der Waals surface area contributed by atoms with Crippen LogP contribution in [0.15, 0.2) is 0 Å². The molecule has 2 atom stereocenters. The van der Waals surface area contributed by atoms with Gasteiger partial charge in [-0.1, -0.05) is 13.8 Å². The largest absolute Gasteiger partial charge is 0.355 e. The number of hydrogen-bond donors (Lipinski definition) is 2. The highest BCUT2D eigenvalue weighted by Crippen LogP contribution is 2.14. The molecule has 0 aromatic heterocycles. The van der Waals surface area contributed by atoms with Gasteiger partial charge >= 0.3 is 0 Å². The van der Waals surface area contributed by atoms with Crippen LogP contribution < -0.4 is 11.1 Å². The lowest BCUT2D eigenvalue weighted by Gasteiger charge is -2.28. The monoisotopic (exact) mass is 255 g/mol. The van der Waals surface area contributed by atoms with Crippen molar-refractivity contribution in [2.45, 2.75) is 39.2 Å². The summed E-state index contributed by atoms with van der Waals surface area (Å²) >= 11 is 0. The summed E-state index contributed by atoms with van der Waals surface area (Å²) < 4.78 is 0. The van der Waals surface area contributed by atoms with Crippen LogP contribution >= 0.6 is 0 Å². The minimum Gasteiger partial charge on any atom is -0.355 e. The Morgan fingerprint density at radius 3 is 2.72 bits per heavy atom. The van der Waals surface area contributed by atoms with Crippen molar-refractivity contribution in [3.63, 3.8) is 0 Å². The molecule has 1 rings (SSSR count). The number of nitrogens with one attached hydrogen (secondary N) is 1. The molecule has 18 heavy (non-hydrogen) atoms. The van der Waals surface area contributed by atoms with Crippen molar-refractivity contribution in [1.29, 1.82) is 0 Å². The summed E-state index contributed by atoms with van der Waals surface area (Å²) in [5.41, 5.74) is 5.97. The molecule has 0 aliphatic carbocycles. The normalized spacial score (nSPS) is 21.6. The molecular weight excluding hydrogens is 230 g/mol. The Labute approximate surface area is 109 Å². The zero-order valence-electron chi connectivity index (χ0n) is 11.6. The SMILES string of the molecule is CC(C)C(N)CCN(C)C(=O)C1CCC(=O)NC1. The lowest BCUT2D eigenvalue weighted by Crippen LogP contribution is -2.44. The van der Waals surface area contributed by atoms with Gasteiger partial charge in [0.1, 0.15) is 0 Å². The summed E-state index contributed by atoms with van der Waals surface area (Å²) in [6.45, 7) is 5.33. The predicted molar refractivity (Wildman–Crippen MR) is 70.8 cm³/mol. The van der Waals surface area contributed by atoms with Gasteiger partial charge in [-0.15, -0.1) is 0 Å². The summed E-state index contributed by atoms with van der Waals surface area (Å²) in [7, 11) is 1.81. The Kier molecular flexibility index (Phi) is 5.59. The van der Waals surface area contributed by atoms with Crippen molar-refractivity contribution in [2.24, 2.45) is 17.6 Å². The van der Waals surface area contributed by atoms with Gasteiger partial charge < -0.3 is 16.0 Å². The van der Waals surface area contributed by atoms with Gasteiger partial charge in [-0.25, -0.2) is 0 Å². The molecule has 0 aromatic carbocycles. The quantitative estimate of drug-likeness (QED) is 0.744. The van der Waals surface area contributed by atoms with E-state index in [9.17, 15) is 9.59 Å². The van der Waals surface area contributed by atoms with Gasteiger partial charge in [-0.3, -0.25) is 9.59 Å². The van der Waals surface area contributed by atoms with E-state index < -0.39 is 0 Å². The van der Waals surface area contributed by atoms with E-state index in [0.29, 0.717) is 31.8 Å². The van der Waals surface area contributed by atoms with Crippen molar-refractivity contribution in [3.8, 4) is 0 Å².